The molecule has 15 heavy (non-hydrogen) atoms. The largest absolute Gasteiger partial charge is 0.0651 e. The zero-order valence-corrected chi connectivity index (χ0v) is 10.6. The summed E-state index contributed by atoms with van der Waals surface area (Å²) < 4.78 is 0. The van der Waals surface area contributed by atoms with Crippen LogP contribution in [0.4, 0.5) is 0 Å². The second-order valence-electron chi connectivity index (χ2n) is 4.64. The van der Waals surface area contributed by atoms with Crippen molar-refractivity contribution in [3.8, 4) is 0 Å². The van der Waals surface area contributed by atoms with Gasteiger partial charge in [0.15, 0.2) is 0 Å². The van der Waals surface area contributed by atoms with Crippen molar-refractivity contribution in [2.45, 2.75) is 59.3 Å². The third-order valence-corrected chi connectivity index (χ3v) is 2.95. The van der Waals surface area contributed by atoms with Gasteiger partial charge in [-0.15, -0.1) is 0 Å². The fraction of sp³-hybridized carbons (Fsp3) is 0.600. The Hall–Kier alpha value is -0.780. The number of hydrogen-bond donors (Lipinski definition) is 0. The molecule has 84 valence electrons. The van der Waals surface area contributed by atoms with E-state index in [-0.39, 0.29) is 0 Å². The number of benzene rings is 1. The maximum Gasteiger partial charge on any atom is -0.0216 e. The summed E-state index contributed by atoms with van der Waals surface area (Å²) in [5, 5.41) is 0. The van der Waals surface area contributed by atoms with Gasteiger partial charge in [-0.05, 0) is 35.4 Å². The van der Waals surface area contributed by atoms with Gasteiger partial charge in [0.25, 0.3) is 0 Å². The van der Waals surface area contributed by atoms with Crippen LogP contribution < -0.4 is 0 Å². The second-order valence-corrected chi connectivity index (χ2v) is 4.64. The molecule has 0 amide bonds. The van der Waals surface area contributed by atoms with Gasteiger partial charge in [-0.1, -0.05) is 58.7 Å². The first-order valence-corrected chi connectivity index (χ1v) is 6.31. The number of rotatable bonds is 5. The van der Waals surface area contributed by atoms with E-state index in [0.29, 0.717) is 5.92 Å². The molecule has 1 aromatic rings. The summed E-state index contributed by atoms with van der Waals surface area (Å²) in [4.78, 5) is 0. The van der Waals surface area contributed by atoms with Crippen molar-refractivity contribution in [2.75, 3.05) is 0 Å². The quantitative estimate of drug-likeness (QED) is 0.651. The summed E-state index contributed by atoms with van der Waals surface area (Å²) in [5.74, 6) is 0.656. The van der Waals surface area contributed by atoms with Crippen LogP contribution in [0.2, 0.25) is 0 Å². The van der Waals surface area contributed by atoms with Crippen molar-refractivity contribution in [3.05, 3.63) is 34.9 Å². The van der Waals surface area contributed by atoms with Gasteiger partial charge in [0.2, 0.25) is 0 Å². The van der Waals surface area contributed by atoms with Crippen LogP contribution in [0, 0.1) is 0 Å². The first-order valence-electron chi connectivity index (χ1n) is 6.31. The van der Waals surface area contributed by atoms with Crippen molar-refractivity contribution in [1.29, 1.82) is 0 Å². The van der Waals surface area contributed by atoms with E-state index in [1.54, 1.807) is 16.7 Å². The molecule has 0 aliphatic rings. The molecule has 0 fully saturated rings. The summed E-state index contributed by atoms with van der Waals surface area (Å²) in [6.07, 6.45) is 4.97. The Balaban J connectivity index is 3.09. The summed E-state index contributed by atoms with van der Waals surface area (Å²) in [5.41, 5.74) is 4.75. The van der Waals surface area contributed by atoms with E-state index in [0.717, 1.165) is 0 Å². The molecular formula is C15H24. The molecule has 0 aliphatic heterocycles. The molecule has 0 saturated heterocycles. The van der Waals surface area contributed by atoms with Gasteiger partial charge in [-0.2, -0.15) is 0 Å². The zero-order chi connectivity index (χ0) is 11.3. The van der Waals surface area contributed by atoms with Crippen LogP contribution >= 0.6 is 0 Å². The van der Waals surface area contributed by atoms with Crippen LogP contribution in [0.15, 0.2) is 18.2 Å². The molecule has 0 N–H and O–H groups in total. The Morgan fingerprint density at radius 3 is 2.20 bits per heavy atom. The van der Waals surface area contributed by atoms with Gasteiger partial charge in [-0.3, -0.25) is 0 Å². The lowest BCUT2D eigenvalue weighted by Gasteiger charge is -2.16. The van der Waals surface area contributed by atoms with Crippen molar-refractivity contribution in [3.63, 3.8) is 0 Å². The van der Waals surface area contributed by atoms with Crippen LogP contribution in [-0.4, -0.2) is 0 Å². The fourth-order valence-electron chi connectivity index (χ4n) is 2.25. The smallest absolute Gasteiger partial charge is 0.0216 e. The lowest BCUT2D eigenvalue weighted by atomic mass is 9.89. The van der Waals surface area contributed by atoms with Gasteiger partial charge in [0.1, 0.15) is 0 Å². The Bertz CT molecular complexity index is 297. The van der Waals surface area contributed by atoms with Crippen molar-refractivity contribution in [1.82, 2.24) is 0 Å². The predicted octanol–water partition coefficient (Wildman–Crippen LogP) is 4.72. The summed E-state index contributed by atoms with van der Waals surface area (Å²) in [7, 11) is 0. The monoisotopic (exact) mass is 204 g/mol. The van der Waals surface area contributed by atoms with Crippen LogP contribution in [0.1, 0.15) is 63.1 Å². The van der Waals surface area contributed by atoms with E-state index < -0.39 is 0 Å². The summed E-state index contributed by atoms with van der Waals surface area (Å²) in [6.45, 7) is 9.12. The molecule has 0 radical (unpaired) electrons. The highest BCUT2D eigenvalue weighted by molar-refractivity contribution is 5.37. The third kappa shape index (κ3) is 3.09. The predicted molar refractivity (Wildman–Crippen MR) is 68.5 cm³/mol. The third-order valence-electron chi connectivity index (χ3n) is 2.95. The standard InChI is InChI=1S/C15H24/c1-5-8-13-10-7-11-14(12(3)4)15(13)9-6-2/h7,10-12H,5-6,8-9H2,1-4H3. The van der Waals surface area contributed by atoms with Crippen molar-refractivity contribution < 1.29 is 0 Å². The minimum Gasteiger partial charge on any atom is -0.0651 e. The van der Waals surface area contributed by atoms with Gasteiger partial charge < -0.3 is 0 Å². The van der Waals surface area contributed by atoms with Gasteiger partial charge in [-0.25, -0.2) is 0 Å². The van der Waals surface area contributed by atoms with Crippen LogP contribution in [0.5, 0.6) is 0 Å². The zero-order valence-electron chi connectivity index (χ0n) is 10.6. The number of hydrogen-bond acceptors (Lipinski definition) is 0. The SMILES string of the molecule is CCCc1cccc(C(C)C)c1CCC. The van der Waals surface area contributed by atoms with Gasteiger partial charge in [0.05, 0.1) is 0 Å². The molecule has 0 heteroatoms. The first-order chi connectivity index (χ1) is 7.20. The molecule has 0 spiro atoms. The highest BCUT2D eigenvalue weighted by Crippen LogP contribution is 2.24. The average molecular weight is 204 g/mol. The molecule has 0 nitrogen and oxygen atoms in total. The molecule has 0 unspecified atom stereocenters. The van der Waals surface area contributed by atoms with E-state index in [4.69, 9.17) is 0 Å². The minimum atomic E-state index is 0.656. The van der Waals surface area contributed by atoms with E-state index in [1.165, 1.54) is 25.7 Å². The molecular weight excluding hydrogens is 180 g/mol. The lowest BCUT2D eigenvalue weighted by molar-refractivity contribution is 0.797. The van der Waals surface area contributed by atoms with E-state index >= 15 is 0 Å². The van der Waals surface area contributed by atoms with Crippen LogP contribution in [-0.2, 0) is 12.8 Å². The highest BCUT2D eigenvalue weighted by atomic mass is 14.1. The van der Waals surface area contributed by atoms with E-state index in [2.05, 4.69) is 45.9 Å². The van der Waals surface area contributed by atoms with Crippen LogP contribution in [0.25, 0.3) is 0 Å². The Labute approximate surface area is 94.7 Å². The second kappa shape index (κ2) is 5.95. The van der Waals surface area contributed by atoms with Crippen LogP contribution in [0.3, 0.4) is 0 Å². The molecule has 0 atom stereocenters. The fourth-order valence-corrected chi connectivity index (χ4v) is 2.25. The van der Waals surface area contributed by atoms with Gasteiger partial charge >= 0.3 is 0 Å². The Kier molecular flexibility index (Phi) is 4.87. The van der Waals surface area contributed by atoms with Gasteiger partial charge in [0, 0.05) is 0 Å². The summed E-state index contributed by atoms with van der Waals surface area (Å²) >= 11 is 0. The molecule has 0 aromatic heterocycles. The Morgan fingerprint density at radius 2 is 1.67 bits per heavy atom. The normalized spacial score (nSPS) is 11.0. The average Bonchev–Trinajstić information content (AvgIpc) is 2.21. The molecule has 1 aromatic carbocycles. The molecule has 0 bridgehead atoms. The maximum atomic E-state index is 2.31. The molecule has 1 rings (SSSR count). The van der Waals surface area contributed by atoms with E-state index in [9.17, 15) is 0 Å². The Morgan fingerprint density at radius 1 is 1.00 bits per heavy atom. The lowest BCUT2D eigenvalue weighted by Crippen LogP contribution is -2.01. The molecule has 0 saturated carbocycles. The highest BCUT2D eigenvalue weighted by Gasteiger charge is 2.09. The van der Waals surface area contributed by atoms with Crippen molar-refractivity contribution in [2.24, 2.45) is 0 Å². The van der Waals surface area contributed by atoms with Crippen molar-refractivity contribution >= 4 is 0 Å². The molecule has 0 aliphatic carbocycles. The molecule has 0 heterocycles. The topological polar surface area (TPSA) is 0 Å². The maximum absolute atomic E-state index is 2.31. The van der Waals surface area contributed by atoms with E-state index in [1.807, 2.05) is 0 Å². The first kappa shape index (κ1) is 12.3. The number of aryl methyl sites for hydroxylation is 1. The summed E-state index contributed by atoms with van der Waals surface area (Å²) in [6, 6.07) is 6.83. The minimum absolute atomic E-state index is 0.656.